The zero-order valence-electron chi connectivity index (χ0n) is 91.7. The van der Waals surface area contributed by atoms with Crippen molar-refractivity contribution >= 4 is 0 Å². The predicted octanol–water partition coefficient (Wildman–Crippen LogP) is 41.5. The predicted molar refractivity (Wildman–Crippen MR) is 609 cm³/mol. The summed E-state index contributed by atoms with van der Waals surface area (Å²) >= 11 is 0. The average Bonchev–Trinajstić information content (AvgIpc) is 1.57. The summed E-state index contributed by atoms with van der Waals surface area (Å²) in [6.07, 6.45) is 27.7. The largest absolute Gasteiger partial charge is 0.0651 e. The van der Waals surface area contributed by atoms with Crippen molar-refractivity contribution < 1.29 is 0 Å². The molecule has 0 fully saturated rings. The van der Waals surface area contributed by atoms with E-state index in [0.717, 1.165) is 103 Å². The molecule has 0 saturated carbocycles. The van der Waals surface area contributed by atoms with Crippen molar-refractivity contribution in [3.63, 3.8) is 0 Å². The van der Waals surface area contributed by atoms with Gasteiger partial charge in [0, 0.05) is 32.5 Å². The second kappa shape index (κ2) is 40.3. The van der Waals surface area contributed by atoms with Crippen LogP contribution in [0.3, 0.4) is 0 Å². The molecule has 12 aromatic carbocycles. The fourth-order valence-electron chi connectivity index (χ4n) is 29.0. The van der Waals surface area contributed by atoms with Gasteiger partial charge >= 0.3 is 0 Å². The van der Waals surface area contributed by atoms with Crippen molar-refractivity contribution in [2.75, 3.05) is 0 Å². The summed E-state index contributed by atoms with van der Waals surface area (Å²) in [5.74, 6) is 6.74. The first-order valence-electron chi connectivity index (χ1n) is 57.1. The lowest BCUT2D eigenvalue weighted by Crippen LogP contribution is -2.31. The quantitative estimate of drug-likeness (QED) is 0.0358. The second-order valence-corrected chi connectivity index (χ2v) is 48.8. The fraction of sp³-hybridized carbons (Fsp3) is 0.486. The van der Waals surface area contributed by atoms with Crippen molar-refractivity contribution in [2.45, 2.75) is 367 Å². The molecule has 18 rings (SSSR count). The van der Waals surface area contributed by atoms with Gasteiger partial charge < -0.3 is 0 Å². The van der Waals surface area contributed by atoms with Crippen LogP contribution in [0.15, 0.2) is 218 Å². The van der Waals surface area contributed by atoms with Gasteiger partial charge in [-0.25, -0.2) is 0 Å². The van der Waals surface area contributed by atoms with E-state index in [1.807, 2.05) is 0 Å². The van der Waals surface area contributed by atoms with E-state index in [1.165, 1.54) is 185 Å². The Labute approximate surface area is 850 Å². The van der Waals surface area contributed by atoms with E-state index >= 15 is 0 Å². The Kier molecular flexibility index (Phi) is 29.0. The first-order valence-corrected chi connectivity index (χ1v) is 57.1. The third-order valence-corrected chi connectivity index (χ3v) is 38.9. The molecular formula is C140H174. The molecule has 6 aliphatic rings. The number of aryl methyl sites for hydroxylation is 2. The van der Waals surface area contributed by atoms with Gasteiger partial charge in [0.25, 0.3) is 0 Å². The number of rotatable bonds is 41. The van der Waals surface area contributed by atoms with E-state index in [2.05, 4.69) is 398 Å². The molecule has 0 heterocycles. The molecule has 0 nitrogen and oxygen atoms in total. The number of fused-ring (bicyclic) bond motifs is 18. The van der Waals surface area contributed by atoms with Crippen LogP contribution in [0.25, 0.3) is 122 Å². The molecule has 0 heteroatoms. The molecule has 0 bridgehead atoms. The fourth-order valence-corrected chi connectivity index (χ4v) is 29.0. The summed E-state index contributed by atoms with van der Waals surface area (Å²) in [6.45, 7) is 64.3. The SMILES string of the molecule is CCC(C)CC1(CC(C)CC)c2cc(C)ccc2-c2ccc(-c3ccc4c(c3)C(CC(C)CC)(CC(C)CC)c3cc(-c5ccc6c(c5)C(CC(C)CC)(CC(C)CC)c5cc(-c7ccc8c(c7)C(CC(C)CC)(CC(C)CC)c7cc(-c9ccc%10c(c9)C(CC(C)CC)(CC(C)CC)c9cc(-c%11ccc%12c(c%11)C(CC(C)CC)(CC(C)CC)c%11cc(C)ccc%11-%12)ccc9-%10)ccc7-8)ccc5-6)ccc3-4)cc21. The molecule has 6 aliphatic carbocycles. The Balaban J connectivity index is 0.721. The lowest BCUT2D eigenvalue weighted by atomic mass is 9.65. The highest BCUT2D eigenvalue weighted by Gasteiger charge is 2.53. The lowest BCUT2D eigenvalue weighted by Gasteiger charge is -2.38. The maximum Gasteiger partial charge on any atom is 0.0220 e. The highest BCUT2D eigenvalue weighted by molar-refractivity contribution is 5.95. The molecule has 0 amide bonds. The van der Waals surface area contributed by atoms with Crippen molar-refractivity contribution in [1.82, 2.24) is 0 Å². The van der Waals surface area contributed by atoms with Gasteiger partial charge in [0.2, 0.25) is 0 Å². The van der Waals surface area contributed by atoms with Crippen LogP contribution in [0, 0.1) is 84.9 Å². The van der Waals surface area contributed by atoms with Crippen LogP contribution in [-0.2, 0) is 32.5 Å². The van der Waals surface area contributed by atoms with Crippen molar-refractivity contribution in [3.05, 3.63) is 296 Å². The van der Waals surface area contributed by atoms with Crippen LogP contribution in [-0.4, -0.2) is 0 Å². The molecule has 12 aromatic rings. The summed E-state index contributed by atoms with van der Waals surface area (Å²) in [6, 6.07) is 93.0. The summed E-state index contributed by atoms with van der Waals surface area (Å²) in [5, 5.41) is 0. The Morgan fingerprint density at radius 1 is 0.136 bits per heavy atom. The standard InChI is InChI=1S/C140H174/c1-27-87(13)75-135(76-88(14)28-2)123-63-99(25)39-51-111(123)113-53-41-101(65-125(113)135)103-43-55-115-117-57-45-105(69-129(117)137(127(115)67-103,79-91(17)31-5)80-92(18)32-6)107-47-59-119-121-61-49-109(73-133(121)139(131(119)71-107,83-95(21)35-9)84-96(22)36-10)110-50-62-122-120-60-48-108(72-132(120)140(134(122)74-110,85-97(23)37-11)86-98(24)38-12)106-46-58-118-116-56-44-104(68-128(116)138(130(118)70-106,81-93(19)33-7)82-94(20)34-8)102-42-54-114-112-52-40-100(26)64-124(112)136(126(114)66-102,77-89(15)29-3)78-90(16)30-4/h39-74,87-98H,27-38,75-86H2,1-26H3. The molecule has 0 N–H and O–H groups in total. The van der Waals surface area contributed by atoms with Crippen LogP contribution in [0.2, 0.25) is 0 Å². The number of hydrogen-bond acceptors (Lipinski definition) is 0. The Hall–Kier alpha value is -9.36. The Morgan fingerprint density at radius 3 is 0.329 bits per heavy atom. The van der Waals surface area contributed by atoms with Crippen LogP contribution in [0.1, 0.15) is 398 Å². The molecule has 0 aromatic heterocycles. The minimum atomic E-state index is -0.182. The van der Waals surface area contributed by atoms with Crippen molar-refractivity contribution in [2.24, 2.45) is 71.0 Å². The third kappa shape index (κ3) is 17.4. The maximum absolute atomic E-state index is 2.75. The minimum Gasteiger partial charge on any atom is -0.0651 e. The lowest BCUT2D eigenvalue weighted by molar-refractivity contribution is 0.308. The molecule has 734 valence electrons. The summed E-state index contributed by atoms with van der Waals surface area (Å²) in [4.78, 5) is 0. The summed E-state index contributed by atoms with van der Waals surface area (Å²) < 4.78 is 0. The Morgan fingerprint density at radius 2 is 0.229 bits per heavy atom. The second-order valence-electron chi connectivity index (χ2n) is 48.8. The van der Waals surface area contributed by atoms with E-state index in [1.54, 1.807) is 66.8 Å². The number of benzene rings is 12. The average molecular weight is 1860 g/mol. The van der Waals surface area contributed by atoms with E-state index < -0.39 is 0 Å². The van der Waals surface area contributed by atoms with Gasteiger partial charge in [-0.15, -0.1) is 0 Å². The van der Waals surface area contributed by atoms with E-state index in [-0.39, 0.29) is 32.5 Å². The van der Waals surface area contributed by atoms with E-state index in [0.29, 0.717) is 71.0 Å². The minimum absolute atomic E-state index is 0.0268. The van der Waals surface area contributed by atoms with Crippen LogP contribution >= 0.6 is 0 Å². The van der Waals surface area contributed by atoms with E-state index in [4.69, 9.17) is 0 Å². The van der Waals surface area contributed by atoms with Gasteiger partial charge in [0.1, 0.15) is 0 Å². The molecule has 12 atom stereocenters. The van der Waals surface area contributed by atoms with Crippen LogP contribution in [0.4, 0.5) is 0 Å². The molecule has 0 spiro atoms. The van der Waals surface area contributed by atoms with Gasteiger partial charge in [-0.3, -0.25) is 0 Å². The van der Waals surface area contributed by atoms with Gasteiger partial charge in [-0.1, -0.05) is 412 Å². The first kappa shape index (κ1) is 101. The molecular weight excluding hydrogens is 1680 g/mol. The summed E-state index contributed by atoms with van der Waals surface area (Å²) in [5.41, 5.74) is 51.7. The monoisotopic (exact) mass is 1860 g/mol. The van der Waals surface area contributed by atoms with Crippen LogP contribution in [0.5, 0.6) is 0 Å². The normalized spacial score (nSPS) is 22.2. The van der Waals surface area contributed by atoms with E-state index in [9.17, 15) is 0 Å². The van der Waals surface area contributed by atoms with Crippen LogP contribution < -0.4 is 0 Å². The van der Waals surface area contributed by atoms with Gasteiger partial charge in [0.15, 0.2) is 0 Å². The van der Waals surface area contributed by atoms with Gasteiger partial charge in [-0.05, 0) is 412 Å². The number of hydrogen-bond donors (Lipinski definition) is 0. The van der Waals surface area contributed by atoms with Crippen molar-refractivity contribution in [3.8, 4) is 122 Å². The third-order valence-electron chi connectivity index (χ3n) is 38.9. The maximum atomic E-state index is 2.75. The highest BCUT2D eigenvalue weighted by Crippen LogP contribution is 2.66. The smallest absolute Gasteiger partial charge is 0.0220 e. The van der Waals surface area contributed by atoms with Gasteiger partial charge in [0.05, 0.1) is 0 Å². The first-order chi connectivity index (χ1) is 67.3. The van der Waals surface area contributed by atoms with Crippen molar-refractivity contribution in [1.29, 1.82) is 0 Å². The zero-order chi connectivity index (χ0) is 99.1. The molecule has 140 heavy (non-hydrogen) atoms. The molecule has 0 saturated heterocycles. The summed E-state index contributed by atoms with van der Waals surface area (Å²) in [7, 11) is 0. The molecule has 12 unspecified atom stereocenters. The van der Waals surface area contributed by atoms with Gasteiger partial charge in [-0.2, -0.15) is 0 Å². The Bertz CT molecular complexity index is 6020. The highest BCUT2D eigenvalue weighted by atomic mass is 14.6. The molecule has 0 radical (unpaired) electrons. The topological polar surface area (TPSA) is 0 Å². The zero-order valence-corrected chi connectivity index (χ0v) is 91.7. The molecule has 0 aliphatic heterocycles.